The Morgan fingerprint density at radius 3 is 2.30 bits per heavy atom. The number of ether oxygens (including phenoxy) is 1. The number of aryl methyl sites for hydroxylation is 2. The van der Waals surface area contributed by atoms with Crippen LogP contribution in [-0.2, 0) is 6.54 Å². The highest BCUT2D eigenvalue weighted by Gasteiger charge is 2.05. The molecule has 2 aromatic rings. The van der Waals surface area contributed by atoms with E-state index in [1.807, 2.05) is 32.0 Å². The lowest BCUT2D eigenvalue weighted by molar-refractivity contribution is 0.240. The average molecular weight is 269 g/mol. The van der Waals surface area contributed by atoms with Gasteiger partial charge in [0.15, 0.2) is 0 Å². The van der Waals surface area contributed by atoms with Gasteiger partial charge in [0.1, 0.15) is 5.75 Å². The Labute approximate surface area is 121 Å². The maximum atomic E-state index is 5.84. The van der Waals surface area contributed by atoms with E-state index < -0.39 is 0 Å². The summed E-state index contributed by atoms with van der Waals surface area (Å²) < 4.78 is 5.84. The molecule has 0 heterocycles. The molecular weight excluding hydrogens is 246 g/mol. The van der Waals surface area contributed by atoms with Crippen molar-refractivity contribution in [2.75, 3.05) is 5.32 Å². The SMILES string of the molecule is Cc1cc(C)cc(NCc2ccccc2OC(C)C)c1. The third kappa shape index (κ3) is 4.02. The molecule has 0 atom stereocenters. The third-order valence-electron chi connectivity index (χ3n) is 3.04. The first-order valence-electron chi connectivity index (χ1n) is 7.11. The number of hydrogen-bond donors (Lipinski definition) is 1. The van der Waals surface area contributed by atoms with E-state index in [9.17, 15) is 0 Å². The van der Waals surface area contributed by atoms with Gasteiger partial charge in [0, 0.05) is 17.8 Å². The Balaban J connectivity index is 2.10. The Morgan fingerprint density at radius 2 is 1.65 bits per heavy atom. The fourth-order valence-corrected chi connectivity index (χ4v) is 2.29. The number of para-hydroxylation sites is 1. The number of anilines is 1. The standard InChI is InChI=1S/C18H23NO/c1-13(2)20-18-8-6-5-7-16(18)12-19-17-10-14(3)9-15(4)11-17/h5-11,13,19H,12H2,1-4H3. The highest BCUT2D eigenvalue weighted by Crippen LogP contribution is 2.21. The van der Waals surface area contributed by atoms with Gasteiger partial charge in [0.2, 0.25) is 0 Å². The molecule has 1 N–H and O–H groups in total. The second-order valence-corrected chi connectivity index (χ2v) is 5.50. The van der Waals surface area contributed by atoms with E-state index >= 15 is 0 Å². The smallest absolute Gasteiger partial charge is 0.124 e. The van der Waals surface area contributed by atoms with Gasteiger partial charge in [-0.25, -0.2) is 0 Å². The molecule has 0 unspecified atom stereocenters. The quantitative estimate of drug-likeness (QED) is 0.849. The second kappa shape index (κ2) is 6.47. The van der Waals surface area contributed by atoms with Gasteiger partial charge in [-0.1, -0.05) is 24.3 Å². The molecule has 0 radical (unpaired) electrons. The van der Waals surface area contributed by atoms with Crippen molar-refractivity contribution in [3.63, 3.8) is 0 Å². The predicted molar refractivity (Wildman–Crippen MR) is 85.4 cm³/mol. The molecule has 0 amide bonds. The predicted octanol–water partition coefficient (Wildman–Crippen LogP) is 4.70. The minimum Gasteiger partial charge on any atom is -0.491 e. The van der Waals surface area contributed by atoms with E-state index in [1.165, 1.54) is 16.7 Å². The fourth-order valence-electron chi connectivity index (χ4n) is 2.29. The Hall–Kier alpha value is -1.96. The van der Waals surface area contributed by atoms with E-state index in [0.29, 0.717) is 0 Å². The number of benzene rings is 2. The maximum absolute atomic E-state index is 5.84. The first-order chi connectivity index (χ1) is 9.54. The molecular formula is C18H23NO. The van der Waals surface area contributed by atoms with Crippen molar-refractivity contribution in [1.29, 1.82) is 0 Å². The van der Waals surface area contributed by atoms with Crippen molar-refractivity contribution < 1.29 is 4.74 Å². The van der Waals surface area contributed by atoms with Crippen LogP contribution in [0, 0.1) is 13.8 Å². The summed E-state index contributed by atoms with van der Waals surface area (Å²) in [5, 5.41) is 3.48. The van der Waals surface area contributed by atoms with Crippen LogP contribution in [0.5, 0.6) is 5.75 Å². The summed E-state index contributed by atoms with van der Waals surface area (Å²) in [6, 6.07) is 14.7. The molecule has 20 heavy (non-hydrogen) atoms. The summed E-state index contributed by atoms with van der Waals surface area (Å²) in [6.45, 7) is 9.11. The van der Waals surface area contributed by atoms with Crippen molar-refractivity contribution in [1.82, 2.24) is 0 Å². The van der Waals surface area contributed by atoms with Gasteiger partial charge >= 0.3 is 0 Å². The van der Waals surface area contributed by atoms with Crippen LogP contribution in [0.15, 0.2) is 42.5 Å². The molecule has 0 spiro atoms. The van der Waals surface area contributed by atoms with Gasteiger partial charge in [-0.05, 0) is 57.0 Å². The summed E-state index contributed by atoms with van der Waals surface area (Å²) in [5.74, 6) is 0.958. The van der Waals surface area contributed by atoms with E-state index in [0.717, 1.165) is 18.0 Å². The molecule has 0 aliphatic carbocycles. The van der Waals surface area contributed by atoms with Crippen LogP contribution in [0.2, 0.25) is 0 Å². The molecule has 0 aliphatic heterocycles. The first-order valence-corrected chi connectivity index (χ1v) is 7.11. The Morgan fingerprint density at radius 1 is 1.00 bits per heavy atom. The van der Waals surface area contributed by atoms with Crippen molar-refractivity contribution in [3.8, 4) is 5.75 Å². The van der Waals surface area contributed by atoms with Crippen LogP contribution in [-0.4, -0.2) is 6.10 Å². The van der Waals surface area contributed by atoms with Crippen LogP contribution in [0.3, 0.4) is 0 Å². The van der Waals surface area contributed by atoms with E-state index in [4.69, 9.17) is 4.74 Å². The Bertz CT molecular complexity index is 555. The summed E-state index contributed by atoms with van der Waals surface area (Å²) in [6.07, 6.45) is 0.192. The largest absolute Gasteiger partial charge is 0.491 e. The average Bonchev–Trinajstić information content (AvgIpc) is 2.36. The number of hydrogen-bond acceptors (Lipinski definition) is 2. The van der Waals surface area contributed by atoms with Gasteiger partial charge in [0.05, 0.1) is 6.10 Å². The van der Waals surface area contributed by atoms with Gasteiger partial charge in [-0.15, -0.1) is 0 Å². The molecule has 2 nitrogen and oxygen atoms in total. The third-order valence-corrected chi connectivity index (χ3v) is 3.04. The van der Waals surface area contributed by atoms with Crippen LogP contribution < -0.4 is 10.1 Å². The van der Waals surface area contributed by atoms with E-state index in [-0.39, 0.29) is 6.10 Å². The van der Waals surface area contributed by atoms with Crippen molar-refractivity contribution >= 4 is 5.69 Å². The summed E-state index contributed by atoms with van der Waals surface area (Å²) >= 11 is 0. The highest BCUT2D eigenvalue weighted by molar-refractivity contribution is 5.49. The molecule has 0 saturated carbocycles. The number of rotatable bonds is 5. The molecule has 2 aromatic carbocycles. The number of nitrogens with one attached hydrogen (secondary N) is 1. The van der Waals surface area contributed by atoms with Crippen molar-refractivity contribution in [2.45, 2.75) is 40.3 Å². The molecule has 0 bridgehead atoms. The van der Waals surface area contributed by atoms with Gasteiger partial charge in [-0.2, -0.15) is 0 Å². The highest BCUT2D eigenvalue weighted by atomic mass is 16.5. The maximum Gasteiger partial charge on any atom is 0.124 e. The van der Waals surface area contributed by atoms with Gasteiger partial charge < -0.3 is 10.1 Å². The fraction of sp³-hybridized carbons (Fsp3) is 0.333. The summed E-state index contributed by atoms with van der Waals surface area (Å²) in [4.78, 5) is 0. The minimum atomic E-state index is 0.192. The van der Waals surface area contributed by atoms with Crippen molar-refractivity contribution in [3.05, 3.63) is 59.2 Å². The lowest BCUT2D eigenvalue weighted by Crippen LogP contribution is -2.09. The lowest BCUT2D eigenvalue weighted by atomic mass is 10.1. The molecule has 106 valence electrons. The van der Waals surface area contributed by atoms with Gasteiger partial charge in [0.25, 0.3) is 0 Å². The zero-order chi connectivity index (χ0) is 14.5. The van der Waals surface area contributed by atoms with Crippen LogP contribution in [0.4, 0.5) is 5.69 Å². The first kappa shape index (κ1) is 14.4. The zero-order valence-corrected chi connectivity index (χ0v) is 12.7. The lowest BCUT2D eigenvalue weighted by Gasteiger charge is -2.15. The van der Waals surface area contributed by atoms with Crippen LogP contribution in [0.1, 0.15) is 30.5 Å². The molecule has 2 heteroatoms. The molecule has 2 rings (SSSR count). The van der Waals surface area contributed by atoms with Gasteiger partial charge in [-0.3, -0.25) is 0 Å². The minimum absolute atomic E-state index is 0.192. The second-order valence-electron chi connectivity index (χ2n) is 5.50. The topological polar surface area (TPSA) is 21.3 Å². The zero-order valence-electron chi connectivity index (χ0n) is 12.7. The van der Waals surface area contributed by atoms with E-state index in [2.05, 4.69) is 43.4 Å². The van der Waals surface area contributed by atoms with E-state index in [1.54, 1.807) is 0 Å². The summed E-state index contributed by atoms with van der Waals surface area (Å²) in [7, 11) is 0. The normalized spacial score (nSPS) is 10.7. The van der Waals surface area contributed by atoms with Crippen LogP contribution >= 0.6 is 0 Å². The van der Waals surface area contributed by atoms with Crippen LogP contribution in [0.25, 0.3) is 0 Å². The molecule has 0 fully saturated rings. The monoisotopic (exact) mass is 269 g/mol. The molecule has 0 aliphatic rings. The van der Waals surface area contributed by atoms with Crippen molar-refractivity contribution in [2.24, 2.45) is 0 Å². The molecule has 0 saturated heterocycles. The summed E-state index contributed by atoms with van der Waals surface area (Å²) in [5.41, 5.74) is 4.89. The Kier molecular flexibility index (Phi) is 4.67. The molecule has 0 aromatic heterocycles.